The van der Waals surface area contributed by atoms with Gasteiger partial charge in [-0.15, -0.1) is 0 Å². The minimum absolute atomic E-state index is 0.0294. The van der Waals surface area contributed by atoms with Crippen LogP contribution < -0.4 is 14.8 Å². The fourth-order valence-electron chi connectivity index (χ4n) is 2.75. The van der Waals surface area contributed by atoms with Gasteiger partial charge in [-0.3, -0.25) is 4.79 Å². The number of nitrogens with zero attached hydrogens (tertiary/aromatic N) is 2. The number of nitrogens with one attached hydrogen (secondary N) is 1. The first-order chi connectivity index (χ1) is 13.9. The fourth-order valence-corrected chi connectivity index (χ4v) is 2.75. The van der Waals surface area contributed by atoms with Crippen LogP contribution in [0.15, 0.2) is 47.0 Å². The van der Waals surface area contributed by atoms with Gasteiger partial charge < -0.3 is 19.3 Å². The monoisotopic (exact) mass is 403 g/mol. The van der Waals surface area contributed by atoms with Crippen molar-refractivity contribution in [3.8, 4) is 22.9 Å². The number of hydrogen-bond acceptors (Lipinski definition) is 6. The Bertz CT molecular complexity index is 990. The number of hydrogen-bond donors (Lipinski definition) is 1. The molecule has 0 aliphatic heterocycles. The molecular formula is C20H19F2N3O4. The van der Waals surface area contributed by atoms with Gasteiger partial charge in [-0.2, -0.15) is 13.8 Å². The summed E-state index contributed by atoms with van der Waals surface area (Å²) >= 11 is 0. The highest BCUT2D eigenvalue weighted by atomic mass is 19.3. The molecule has 1 N–H and O–H groups in total. The zero-order valence-corrected chi connectivity index (χ0v) is 16.0. The summed E-state index contributed by atoms with van der Waals surface area (Å²) in [6, 6.07) is 11.2. The average Bonchev–Trinajstić information content (AvgIpc) is 3.24. The van der Waals surface area contributed by atoms with Crippen LogP contribution >= 0.6 is 0 Å². The van der Waals surface area contributed by atoms with E-state index in [1.54, 1.807) is 56.7 Å². The van der Waals surface area contributed by atoms with Crippen LogP contribution in [0.3, 0.4) is 0 Å². The number of methoxy groups -OCH3 is 2. The standard InChI is InChI=1S/C20H19F2N3O4/c1-11(15-10-14(27-2)8-9-16(15)28-3)23-19(26)13-6-4-12(5-7-13)18-24-20(17(21)22)29-25-18/h4-11,17H,1-3H3,(H,23,26). The van der Waals surface area contributed by atoms with Crippen molar-refractivity contribution >= 4 is 5.91 Å². The van der Waals surface area contributed by atoms with Crippen LogP contribution in [0.5, 0.6) is 11.5 Å². The predicted molar refractivity (Wildman–Crippen MR) is 100 cm³/mol. The maximum Gasteiger partial charge on any atom is 0.315 e. The van der Waals surface area contributed by atoms with Crippen molar-refractivity contribution in [3.63, 3.8) is 0 Å². The van der Waals surface area contributed by atoms with E-state index in [4.69, 9.17) is 9.47 Å². The third-order valence-corrected chi connectivity index (χ3v) is 4.28. The Morgan fingerprint density at radius 3 is 2.41 bits per heavy atom. The van der Waals surface area contributed by atoms with E-state index in [0.29, 0.717) is 22.6 Å². The Balaban J connectivity index is 1.74. The second kappa shape index (κ2) is 8.68. The predicted octanol–water partition coefficient (Wildman–Crippen LogP) is 4.18. The van der Waals surface area contributed by atoms with Gasteiger partial charge in [0, 0.05) is 16.7 Å². The van der Waals surface area contributed by atoms with Crippen molar-refractivity contribution in [2.45, 2.75) is 19.4 Å². The second-order valence-electron chi connectivity index (χ2n) is 6.14. The number of amides is 1. The molecule has 3 rings (SSSR count). The van der Waals surface area contributed by atoms with Gasteiger partial charge in [0.25, 0.3) is 11.8 Å². The molecule has 0 saturated carbocycles. The average molecular weight is 403 g/mol. The van der Waals surface area contributed by atoms with Crippen LogP contribution in [-0.2, 0) is 0 Å². The van der Waals surface area contributed by atoms with Crippen molar-refractivity contribution in [2.24, 2.45) is 0 Å². The minimum Gasteiger partial charge on any atom is -0.497 e. The first-order valence-corrected chi connectivity index (χ1v) is 8.68. The van der Waals surface area contributed by atoms with Crippen molar-refractivity contribution in [1.82, 2.24) is 15.5 Å². The molecule has 1 atom stereocenters. The molecule has 0 bridgehead atoms. The van der Waals surface area contributed by atoms with Crippen molar-refractivity contribution < 1.29 is 27.6 Å². The summed E-state index contributed by atoms with van der Waals surface area (Å²) in [5, 5.41) is 6.41. The van der Waals surface area contributed by atoms with E-state index in [0.717, 1.165) is 5.56 Å². The molecule has 0 radical (unpaired) electrons. The molecule has 1 amide bonds. The Morgan fingerprint density at radius 1 is 1.10 bits per heavy atom. The van der Waals surface area contributed by atoms with Crippen LogP contribution in [0.25, 0.3) is 11.4 Å². The number of alkyl halides is 2. The van der Waals surface area contributed by atoms with E-state index >= 15 is 0 Å². The molecule has 9 heteroatoms. The summed E-state index contributed by atoms with van der Waals surface area (Å²) in [7, 11) is 3.11. The Hall–Kier alpha value is -3.49. The third-order valence-electron chi connectivity index (χ3n) is 4.28. The van der Waals surface area contributed by atoms with Crippen LogP contribution in [0.2, 0.25) is 0 Å². The Labute approximate surface area is 165 Å². The van der Waals surface area contributed by atoms with Gasteiger partial charge in [-0.25, -0.2) is 0 Å². The van der Waals surface area contributed by atoms with Crippen molar-refractivity contribution in [2.75, 3.05) is 14.2 Å². The highest BCUT2D eigenvalue weighted by Gasteiger charge is 2.19. The lowest BCUT2D eigenvalue weighted by molar-refractivity contribution is 0.0939. The summed E-state index contributed by atoms with van der Waals surface area (Å²) in [6.07, 6.45) is -2.84. The largest absolute Gasteiger partial charge is 0.497 e. The van der Waals surface area contributed by atoms with Gasteiger partial charge in [0.1, 0.15) is 11.5 Å². The molecule has 1 heterocycles. The molecule has 0 fully saturated rings. The lowest BCUT2D eigenvalue weighted by atomic mass is 10.1. The molecule has 0 aliphatic rings. The zero-order valence-electron chi connectivity index (χ0n) is 16.0. The van der Waals surface area contributed by atoms with E-state index in [9.17, 15) is 13.6 Å². The number of rotatable bonds is 7. The third kappa shape index (κ3) is 4.50. The topological polar surface area (TPSA) is 86.5 Å². The SMILES string of the molecule is COc1ccc(OC)c(C(C)NC(=O)c2ccc(-c3noc(C(F)F)n3)cc2)c1. The molecule has 0 saturated heterocycles. The quantitative estimate of drug-likeness (QED) is 0.637. The lowest BCUT2D eigenvalue weighted by Gasteiger charge is -2.18. The van der Waals surface area contributed by atoms with Gasteiger partial charge in [0.05, 0.1) is 20.3 Å². The van der Waals surface area contributed by atoms with E-state index < -0.39 is 12.3 Å². The zero-order chi connectivity index (χ0) is 21.0. The van der Waals surface area contributed by atoms with Crippen LogP contribution in [0.1, 0.15) is 41.2 Å². The van der Waals surface area contributed by atoms with Crippen LogP contribution in [0.4, 0.5) is 8.78 Å². The van der Waals surface area contributed by atoms with Gasteiger partial charge in [-0.1, -0.05) is 17.3 Å². The Morgan fingerprint density at radius 2 is 1.83 bits per heavy atom. The number of halogens is 2. The number of aromatic nitrogens is 2. The molecule has 152 valence electrons. The maximum atomic E-state index is 12.6. The molecular weight excluding hydrogens is 384 g/mol. The van der Waals surface area contributed by atoms with Gasteiger partial charge in [-0.05, 0) is 37.3 Å². The van der Waals surface area contributed by atoms with Crippen molar-refractivity contribution in [1.29, 1.82) is 0 Å². The highest BCUT2D eigenvalue weighted by molar-refractivity contribution is 5.94. The van der Waals surface area contributed by atoms with E-state index in [-0.39, 0.29) is 17.8 Å². The summed E-state index contributed by atoms with van der Waals surface area (Å²) in [5.74, 6) is 0.246. The second-order valence-corrected chi connectivity index (χ2v) is 6.14. The van der Waals surface area contributed by atoms with E-state index in [2.05, 4.69) is 20.0 Å². The number of benzene rings is 2. The summed E-state index contributed by atoms with van der Waals surface area (Å²) < 4.78 is 40.2. The van der Waals surface area contributed by atoms with Crippen LogP contribution in [-0.4, -0.2) is 30.3 Å². The lowest BCUT2D eigenvalue weighted by Crippen LogP contribution is -2.26. The number of ether oxygens (including phenoxy) is 2. The molecule has 7 nitrogen and oxygen atoms in total. The summed E-state index contributed by atoms with van der Waals surface area (Å²) in [5.41, 5.74) is 1.61. The molecule has 1 aromatic heterocycles. The molecule has 0 aliphatic carbocycles. The normalized spacial score (nSPS) is 11.9. The van der Waals surface area contributed by atoms with Gasteiger partial charge in [0.2, 0.25) is 5.82 Å². The maximum absolute atomic E-state index is 12.6. The molecule has 2 aromatic carbocycles. The minimum atomic E-state index is -2.84. The first kappa shape index (κ1) is 20.2. The molecule has 29 heavy (non-hydrogen) atoms. The number of carbonyl (C=O) groups excluding carboxylic acids is 1. The van der Waals surface area contributed by atoms with Crippen LogP contribution in [0, 0.1) is 0 Å². The fraction of sp³-hybridized carbons (Fsp3) is 0.250. The first-order valence-electron chi connectivity index (χ1n) is 8.68. The van der Waals surface area contributed by atoms with E-state index in [1.165, 1.54) is 0 Å². The molecule has 0 spiro atoms. The summed E-state index contributed by atoms with van der Waals surface area (Å²) in [4.78, 5) is 16.2. The van der Waals surface area contributed by atoms with E-state index in [1.807, 2.05) is 6.92 Å². The molecule has 1 unspecified atom stereocenters. The van der Waals surface area contributed by atoms with Crippen molar-refractivity contribution in [3.05, 3.63) is 59.5 Å². The Kier molecular flexibility index (Phi) is 6.06. The smallest absolute Gasteiger partial charge is 0.315 e. The van der Waals surface area contributed by atoms with Gasteiger partial charge >= 0.3 is 6.43 Å². The summed E-state index contributed by atoms with van der Waals surface area (Å²) in [6.45, 7) is 1.83. The highest BCUT2D eigenvalue weighted by Crippen LogP contribution is 2.29. The van der Waals surface area contributed by atoms with Gasteiger partial charge in [0.15, 0.2) is 0 Å². The molecule has 3 aromatic rings. The number of carbonyl (C=O) groups is 1.